The number of halogens is 1. The van der Waals surface area contributed by atoms with E-state index in [0.717, 1.165) is 18.2 Å². The largest absolute Gasteiger partial charge is 0.309 e. The third kappa shape index (κ3) is 2.09. The topological polar surface area (TPSA) is 63.5 Å². The molecule has 1 aliphatic rings. The molecule has 1 saturated heterocycles. The quantitative estimate of drug-likeness (QED) is 0.469. The standard InChI is InChI=1S/C12H11FN2O3/c1-2-8-5-12(16)14(7-8)11-6-9(15(17)18)3-4-10(11)13/h2-4,6,8H,1,5,7H2. The number of amides is 1. The minimum Gasteiger partial charge on any atom is -0.309 e. The molecule has 0 N–H and O–H groups in total. The fraction of sp³-hybridized carbons (Fsp3) is 0.250. The number of anilines is 1. The number of carbonyl (C=O) groups excluding carboxylic acids is 1. The molecule has 1 atom stereocenters. The Hall–Kier alpha value is -2.24. The summed E-state index contributed by atoms with van der Waals surface area (Å²) in [5, 5.41) is 10.6. The van der Waals surface area contributed by atoms with Gasteiger partial charge in [0.1, 0.15) is 5.82 Å². The zero-order chi connectivity index (χ0) is 13.3. The Balaban J connectivity index is 2.38. The first-order valence-electron chi connectivity index (χ1n) is 5.39. The van der Waals surface area contributed by atoms with Crippen molar-refractivity contribution in [1.82, 2.24) is 0 Å². The fourth-order valence-electron chi connectivity index (χ4n) is 1.95. The van der Waals surface area contributed by atoms with Crippen LogP contribution in [0.4, 0.5) is 15.8 Å². The van der Waals surface area contributed by atoms with Gasteiger partial charge in [-0.05, 0) is 6.07 Å². The van der Waals surface area contributed by atoms with E-state index in [-0.39, 0.29) is 29.6 Å². The summed E-state index contributed by atoms with van der Waals surface area (Å²) < 4.78 is 13.6. The SMILES string of the molecule is C=CC1CC(=O)N(c2cc([N+](=O)[O-])ccc2F)C1. The van der Waals surface area contributed by atoms with Crippen LogP contribution in [0.5, 0.6) is 0 Å². The van der Waals surface area contributed by atoms with E-state index < -0.39 is 10.7 Å². The Labute approximate surface area is 103 Å². The maximum absolute atomic E-state index is 13.6. The maximum atomic E-state index is 13.6. The van der Waals surface area contributed by atoms with Gasteiger partial charge in [0.2, 0.25) is 5.91 Å². The molecule has 1 aromatic carbocycles. The second-order valence-electron chi connectivity index (χ2n) is 4.10. The van der Waals surface area contributed by atoms with Gasteiger partial charge in [-0.3, -0.25) is 14.9 Å². The molecule has 0 aromatic heterocycles. The lowest BCUT2D eigenvalue weighted by Crippen LogP contribution is -2.25. The van der Waals surface area contributed by atoms with E-state index >= 15 is 0 Å². The van der Waals surface area contributed by atoms with Gasteiger partial charge in [0.15, 0.2) is 0 Å². The molecule has 0 bridgehead atoms. The summed E-state index contributed by atoms with van der Waals surface area (Å²) in [6.07, 6.45) is 1.89. The molecule has 1 unspecified atom stereocenters. The molecule has 18 heavy (non-hydrogen) atoms. The molecular weight excluding hydrogens is 239 g/mol. The number of non-ortho nitro benzene ring substituents is 1. The third-order valence-corrected chi connectivity index (χ3v) is 2.92. The molecule has 94 valence electrons. The summed E-state index contributed by atoms with van der Waals surface area (Å²) in [7, 11) is 0. The molecule has 0 spiro atoms. The van der Waals surface area contributed by atoms with Crippen molar-refractivity contribution in [2.24, 2.45) is 5.92 Å². The van der Waals surface area contributed by atoms with E-state index in [2.05, 4.69) is 6.58 Å². The Kier molecular flexibility index (Phi) is 3.10. The predicted molar refractivity (Wildman–Crippen MR) is 63.7 cm³/mol. The molecule has 0 aliphatic carbocycles. The second-order valence-corrected chi connectivity index (χ2v) is 4.10. The summed E-state index contributed by atoms with van der Waals surface area (Å²) in [4.78, 5) is 23.0. The lowest BCUT2D eigenvalue weighted by atomic mass is 10.1. The van der Waals surface area contributed by atoms with Crippen molar-refractivity contribution in [3.05, 3.63) is 46.8 Å². The molecule has 1 amide bonds. The minimum absolute atomic E-state index is 0.0430. The fourth-order valence-corrected chi connectivity index (χ4v) is 1.95. The van der Waals surface area contributed by atoms with E-state index in [1.165, 1.54) is 4.90 Å². The van der Waals surface area contributed by atoms with Crippen LogP contribution in [0.25, 0.3) is 0 Å². The monoisotopic (exact) mass is 250 g/mol. The molecule has 1 aliphatic heterocycles. The molecule has 1 heterocycles. The zero-order valence-electron chi connectivity index (χ0n) is 9.51. The molecule has 0 radical (unpaired) electrons. The number of hydrogen-bond acceptors (Lipinski definition) is 3. The van der Waals surface area contributed by atoms with Crippen molar-refractivity contribution in [3.8, 4) is 0 Å². The average molecular weight is 250 g/mol. The molecule has 5 nitrogen and oxygen atoms in total. The molecule has 6 heteroatoms. The van der Waals surface area contributed by atoms with Crippen LogP contribution in [-0.4, -0.2) is 17.4 Å². The van der Waals surface area contributed by atoms with Gasteiger partial charge in [-0.15, -0.1) is 6.58 Å². The summed E-state index contributed by atoms with van der Waals surface area (Å²) in [5.41, 5.74) is -0.278. The first-order valence-corrected chi connectivity index (χ1v) is 5.39. The number of benzene rings is 1. The van der Waals surface area contributed by atoms with Crippen molar-refractivity contribution >= 4 is 17.3 Å². The normalized spacial score (nSPS) is 19.1. The van der Waals surface area contributed by atoms with Crippen LogP contribution in [0, 0.1) is 21.8 Å². The third-order valence-electron chi connectivity index (χ3n) is 2.92. The van der Waals surface area contributed by atoms with Gasteiger partial charge in [-0.1, -0.05) is 6.08 Å². The smallest absolute Gasteiger partial charge is 0.271 e. The summed E-state index contributed by atoms with van der Waals surface area (Å²) in [5.74, 6) is -0.936. The number of nitro groups is 1. The van der Waals surface area contributed by atoms with E-state index in [1.54, 1.807) is 6.08 Å². The van der Waals surface area contributed by atoms with Crippen molar-refractivity contribution in [1.29, 1.82) is 0 Å². The molecule has 1 fully saturated rings. The van der Waals surface area contributed by atoms with E-state index in [0.29, 0.717) is 6.54 Å². The highest BCUT2D eigenvalue weighted by molar-refractivity contribution is 5.96. The van der Waals surface area contributed by atoms with Gasteiger partial charge in [0, 0.05) is 31.0 Å². The van der Waals surface area contributed by atoms with Crippen LogP contribution in [0.2, 0.25) is 0 Å². The van der Waals surface area contributed by atoms with Crippen molar-refractivity contribution in [3.63, 3.8) is 0 Å². The van der Waals surface area contributed by atoms with Gasteiger partial charge in [0.25, 0.3) is 5.69 Å². The molecule has 1 aromatic rings. The lowest BCUT2D eigenvalue weighted by Gasteiger charge is -2.16. The van der Waals surface area contributed by atoms with Crippen molar-refractivity contribution in [2.75, 3.05) is 11.4 Å². The average Bonchev–Trinajstić information content (AvgIpc) is 2.71. The second kappa shape index (κ2) is 4.56. The Bertz CT molecular complexity index is 530. The lowest BCUT2D eigenvalue weighted by molar-refractivity contribution is -0.384. The van der Waals surface area contributed by atoms with Crippen LogP contribution in [-0.2, 0) is 4.79 Å². The van der Waals surface area contributed by atoms with Crippen molar-refractivity contribution in [2.45, 2.75) is 6.42 Å². The first kappa shape index (κ1) is 12.2. The number of hydrogen-bond donors (Lipinski definition) is 0. The highest BCUT2D eigenvalue weighted by Crippen LogP contribution is 2.30. The van der Waals surface area contributed by atoms with Crippen LogP contribution in [0.15, 0.2) is 30.9 Å². The highest BCUT2D eigenvalue weighted by atomic mass is 19.1. The maximum Gasteiger partial charge on any atom is 0.271 e. The zero-order valence-corrected chi connectivity index (χ0v) is 9.51. The molecule has 2 rings (SSSR count). The Morgan fingerprint density at radius 1 is 1.56 bits per heavy atom. The first-order chi connectivity index (χ1) is 8.52. The van der Waals surface area contributed by atoms with E-state index in [9.17, 15) is 19.3 Å². The number of nitro benzene ring substituents is 1. The van der Waals surface area contributed by atoms with Crippen LogP contribution in [0.3, 0.4) is 0 Å². The number of rotatable bonds is 3. The summed E-state index contributed by atoms with van der Waals surface area (Å²) >= 11 is 0. The van der Waals surface area contributed by atoms with E-state index in [1.807, 2.05) is 0 Å². The Morgan fingerprint density at radius 2 is 2.28 bits per heavy atom. The number of nitrogens with zero attached hydrogens (tertiary/aromatic N) is 2. The number of carbonyl (C=O) groups is 1. The minimum atomic E-state index is -0.640. The van der Waals surface area contributed by atoms with Crippen molar-refractivity contribution < 1.29 is 14.1 Å². The van der Waals surface area contributed by atoms with Gasteiger partial charge in [0.05, 0.1) is 10.6 Å². The molecule has 0 saturated carbocycles. The van der Waals surface area contributed by atoms with Gasteiger partial charge < -0.3 is 4.90 Å². The van der Waals surface area contributed by atoms with Gasteiger partial charge >= 0.3 is 0 Å². The van der Waals surface area contributed by atoms with Gasteiger partial charge in [-0.25, -0.2) is 4.39 Å². The van der Waals surface area contributed by atoms with Crippen LogP contribution in [0.1, 0.15) is 6.42 Å². The van der Waals surface area contributed by atoms with Crippen LogP contribution < -0.4 is 4.90 Å². The predicted octanol–water partition coefficient (Wildman–Crippen LogP) is 2.27. The molecular formula is C12H11FN2O3. The van der Waals surface area contributed by atoms with Gasteiger partial charge in [-0.2, -0.15) is 0 Å². The van der Waals surface area contributed by atoms with Crippen LogP contribution >= 0.6 is 0 Å². The summed E-state index contributed by atoms with van der Waals surface area (Å²) in [6, 6.07) is 3.16. The summed E-state index contributed by atoms with van der Waals surface area (Å²) in [6.45, 7) is 3.90. The van der Waals surface area contributed by atoms with E-state index in [4.69, 9.17) is 0 Å². The highest BCUT2D eigenvalue weighted by Gasteiger charge is 2.31. The Morgan fingerprint density at radius 3 is 2.83 bits per heavy atom.